The molecule has 0 bridgehead atoms. The molecule has 0 aliphatic carbocycles. The third kappa shape index (κ3) is 3.83. The Balaban J connectivity index is 1.46. The molecule has 3 heterocycles. The summed E-state index contributed by atoms with van der Waals surface area (Å²) in [4.78, 5) is 8.84. The zero-order chi connectivity index (χ0) is 19.3. The molecule has 4 aromatic rings. The Labute approximate surface area is 161 Å². The molecule has 0 amide bonds. The van der Waals surface area contributed by atoms with Crippen molar-refractivity contribution in [2.75, 3.05) is 10.6 Å². The van der Waals surface area contributed by atoms with E-state index in [4.69, 9.17) is 10.9 Å². The number of nitrogens with one attached hydrogen (secondary N) is 3. The summed E-state index contributed by atoms with van der Waals surface area (Å²) in [5.41, 5.74) is 3.20. The van der Waals surface area contributed by atoms with E-state index in [9.17, 15) is 0 Å². The average molecular weight is 371 g/mol. The van der Waals surface area contributed by atoms with Crippen LogP contribution in [0.2, 0.25) is 0 Å². The molecule has 0 saturated carbocycles. The quantitative estimate of drug-likeness (QED) is 0.446. The molecule has 0 spiro atoms. The van der Waals surface area contributed by atoms with E-state index in [0.29, 0.717) is 35.5 Å². The predicted molar refractivity (Wildman–Crippen MR) is 106 cm³/mol. The van der Waals surface area contributed by atoms with Gasteiger partial charge in [-0.2, -0.15) is 10.1 Å². The van der Waals surface area contributed by atoms with Crippen molar-refractivity contribution in [1.82, 2.24) is 25.3 Å². The minimum Gasteiger partial charge on any atom is -0.359 e. The number of aromatic nitrogens is 5. The second-order valence-electron chi connectivity index (χ2n) is 6.03. The van der Waals surface area contributed by atoms with Crippen LogP contribution < -0.4 is 10.6 Å². The van der Waals surface area contributed by atoms with Crippen LogP contribution in [0, 0.1) is 19.3 Å². The second-order valence-corrected chi connectivity index (χ2v) is 6.03. The Kier molecular flexibility index (Phi) is 4.72. The summed E-state index contributed by atoms with van der Waals surface area (Å²) in [6.07, 6.45) is 7.10. The van der Waals surface area contributed by atoms with E-state index in [1.807, 2.05) is 49.4 Å². The summed E-state index contributed by atoms with van der Waals surface area (Å²) >= 11 is 0. The van der Waals surface area contributed by atoms with Crippen molar-refractivity contribution < 1.29 is 4.52 Å². The highest BCUT2D eigenvalue weighted by atomic mass is 16.5. The number of hydrogen-bond donors (Lipinski definition) is 3. The first-order valence-corrected chi connectivity index (χ1v) is 8.59. The molecule has 0 unspecified atom stereocenters. The molecule has 0 aliphatic heterocycles. The van der Waals surface area contributed by atoms with Crippen LogP contribution in [-0.2, 0) is 6.54 Å². The lowest BCUT2D eigenvalue weighted by atomic mass is 10.1. The van der Waals surface area contributed by atoms with Crippen molar-refractivity contribution >= 4 is 17.6 Å². The number of rotatable bonds is 6. The normalized spacial score (nSPS) is 10.4. The molecule has 8 heteroatoms. The minimum atomic E-state index is 0.404. The molecule has 0 atom stereocenters. The largest absolute Gasteiger partial charge is 0.359 e. The highest BCUT2D eigenvalue weighted by Crippen LogP contribution is 2.20. The van der Waals surface area contributed by atoms with Gasteiger partial charge < -0.3 is 15.2 Å². The lowest BCUT2D eigenvalue weighted by Gasteiger charge is -2.08. The summed E-state index contributed by atoms with van der Waals surface area (Å²) in [5, 5.41) is 17.2. The lowest BCUT2D eigenvalue weighted by molar-refractivity contribution is 0.390. The zero-order valence-electron chi connectivity index (χ0n) is 15.1. The molecule has 4 rings (SSSR count). The van der Waals surface area contributed by atoms with Crippen LogP contribution in [0.25, 0.3) is 11.3 Å². The summed E-state index contributed by atoms with van der Waals surface area (Å²) in [6.45, 7) is 2.29. The molecule has 1 aromatic carbocycles. The summed E-state index contributed by atoms with van der Waals surface area (Å²) in [7, 11) is 0. The molecular weight excluding hydrogens is 354 g/mol. The van der Waals surface area contributed by atoms with E-state index < -0.39 is 0 Å². The molecule has 0 saturated heterocycles. The number of aryl methyl sites for hydroxylation is 1. The van der Waals surface area contributed by atoms with Gasteiger partial charge in [-0.25, -0.2) is 4.98 Å². The number of terminal acetylenes is 1. The molecule has 28 heavy (non-hydrogen) atoms. The first-order valence-electron chi connectivity index (χ1n) is 8.59. The minimum absolute atomic E-state index is 0.404. The van der Waals surface area contributed by atoms with E-state index in [-0.39, 0.29) is 0 Å². The Morgan fingerprint density at radius 1 is 1.18 bits per heavy atom. The van der Waals surface area contributed by atoms with Gasteiger partial charge in [0, 0.05) is 29.6 Å². The van der Waals surface area contributed by atoms with Gasteiger partial charge in [0.05, 0.1) is 12.1 Å². The molecule has 8 nitrogen and oxygen atoms in total. The monoisotopic (exact) mass is 371 g/mol. The van der Waals surface area contributed by atoms with Crippen molar-refractivity contribution in [2.45, 2.75) is 13.5 Å². The van der Waals surface area contributed by atoms with Gasteiger partial charge in [0.15, 0.2) is 11.6 Å². The Morgan fingerprint density at radius 2 is 2.04 bits per heavy atom. The topological polar surface area (TPSA) is 105 Å². The number of nitrogens with zero attached hydrogens (tertiary/aromatic N) is 4. The highest BCUT2D eigenvalue weighted by molar-refractivity contribution is 5.61. The Hall–Kier alpha value is -4.12. The predicted octanol–water partition coefficient (Wildman–Crippen LogP) is 3.50. The summed E-state index contributed by atoms with van der Waals surface area (Å²) in [6, 6.07) is 13.5. The Morgan fingerprint density at radius 3 is 2.86 bits per heavy atom. The van der Waals surface area contributed by atoms with Gasteiger partial charge in [-0.15, -0.1) is 6.42 Å². The van der Waals surface area contributed by atoms with E-state index in [0.717, 1.165) is 17.0 Å². The summed E-state index contributed by atoms with van der Waals surface area (Å²) in [5.74, 6) is 4.81. The first kappa shape index (κ1) is 17.3. The molecule has 0 fully saturated rings. The molecule has 0 radical (unpaired) electrons. The van der Waals surface area contributed by atoms with Gasteiger partial charge in [-0.1, -0.05) is 41.4 Å². The maximum absolute atomic E-state index is 5.45. The third-order valence-corrected chi connectivity index (χ3v) is 3.95. The number of H-pyrrole nitrogens is 1. The molecular formula is C20H17N7O. The van der Waals surface area contributed by atoms with Crippen LogP contribution in [0.3, 0.4) is 0 Å². The van der Waals surface area contributed by atoms with Gasteiger partial charge >= 0.3 is 0 Å². The fraction of sp³-hybridized carbons (Fsp3) is 0.100. The van der Waals surface area contributed by atoms with Crippen molar-refractivity contribution in [2.24, 2.45) is 0 Å². The van der Waals surface area contributed by atoms with Gasteiger partial charge in [-0.3, -0.25) is 5.10 Å². The Bertz CT molecular complexity index is 1120. The molecule has 3 aromatic heterocycles. The van der Waals surface area contributed by atoms with Gasteiger partial charge in [-0.05, 0) is 6.92 Å². The van der Waals surface area contributed by atoms with Crippen molar-refractivity contribution in [3.63, 3.8) is 0 Å². The van der Waals surface area contributed by atoms with Crippen molar-refractivity contribution in [3.8, 4) is 23.6 Å². The van der Waals surface area contributed by atoms with Crippen LogP contribution >= 0.6 is 0 Å². The lowest BCUT2D eigenvalue weighted by Crippen LogP contribution is -2.06. The number of aromatic amines is 1. The van der Waals surface area contributed by atoms with Gasteiger partial charge in [0.1, 0.15) is 11.5 Å². The average Bonchev–Trinajstić information content (AvgIpc) is 3.36. The van der Waals surface area contributed by atoms with Gasteiger partial charge in [0.2, 0.25) is 5.95 Å². The standard InChI is InChI=1S/C20H17N7O/c1-3-14-11-22-26-19(14)24-18-9-13(2)23-20(25-18)21-12-16-10-17(27-28-16)15-7-5-4-6-8-15/h1,4-11H,12H2,2H3,(H3,21,22,23,24,25,26). The first-order chi connectivity index (χ1) is 13.7. The maximum atomic E-state index is 5.45. The zero-order valence-corrected chi connectivity index (χ0v) is 15.1. The fourth-order valence-corrected chi connectivity index (χ4v) is 2.64. The highest BCUT2D eigenvalue weighted by Gasteiger charge is 2.09. The van der Waals surface area contributed by atoms with Crippen molar-refractivity contribution in [3.05, 3.63) is 65.7 Å². The third-order valence-electron chi connectivity index (χ3n) is 3.95. The number of benzene rings is 1. The second kappa shape index (κ2) is 7.63. The van der Waals surface area contributed by atoms with Crippen molar-refractivity contribution in [1.29, 1.82) is 0 Å². The molecule has 3 N–H and O–H groups in total. The molecule has 138 valence electrons. The van der Waals surface area contributed by atoms with E-state index in [1.165, 1.54) is 0 Å². The molecule has 0 aliphatic rings. The van der Waals surface area contributed by atoms with E-state index in [1.54, 1.807) is 6.20 Å². The van der Waals surface area contributed by atoms with Crippen LogP contribution in [0.4, 0.5) is 17.6 Å². The van der Waals surface area contributed by atoms with E-state index in [2.05, 4.69) is 41.9 Å². The SMILES string of the molecule is C#Cc1c[nH]nc1Nc1cc(C)nc(NCc2cc(-c3ccccc3)no2)n1. The van der Waals surface area contributed by atoms with Crippen LogP contribution in [-0.4, -0.2) is 25.3 Å². The number of hydrogen-bond acceptors (Lipinski definition) is 7. The van der Waals surface area contributed by atoms with E-state index >= 15 is 0 Å². The number of anilines is 3. The van der Waals surface area contributed by atoms with Gasteiger partial charge in [0.25, 0.3) is 0 Å². The van der Waals surface area contributed by atoms with Crippen LogP contribution in [0.5, 0.6) is 0 Å². The maximum Gasteiger partial charge on any atom is 0.225 e. The van der Waals surface area contributed by atoms with Crippen LogP contribution in [0.15, 0.2) is 53.2 Å². The smallest absolute Gasteiger partial charge is 0.225 e. The summed E-state index contributed by atoms with van der Waals surface area (Å²) < 4.78 is 5.40. The fourth-order valence-electron chi connectivity index (χ4n) is 2.64. The van der Waals surface area contributed by atoms with Crippen LogP contribution in [0.1, 0.15) is 17.0 Å².